The van der Waals surface area contributed by atoms with Crippen LogP contribution >= 0.6 is 15.9 Å². The number of rotatable bonds is 15. The third-order valence-corrected chi connectivity index (χ3v) is 5.13. The number of halogens is 1. The Kier molecular flexibility index (Phi) is 13.3. The summed E-state index contributed by atoms with van der Waals surface area (Å²) in [7, 11) is 0. The lowest BCUT2D eigenvalue weighted by Gasteiger charge is -2.19. The fraction of sp³-hybridized carbons (Fsp3) is 0.609. The Morgan fingerprint density at radius 2 is 1.58 bits per heavy atom. The number of carbonyl (C=O) groups excluding carboxylic acids is 1. The summed E-state index contributed by atoms with van der Waals surface area (Å²) in [5.41, 5.74) is 2.45. The quantitative estimate of drug-likeness (QED) is 0.196. The van der Waals surface area contributed by atoms with Gasteiger partial charge in [-0.05, 0) is 51.2 Å². The monoisotopic (exact) mass is 421 g/mol. The smallest absolute Gasteiger partial charge is 0.154 e. The predicted molar refractivity (Wildman–Crippen MR) is 117 cm³/mol. The van der Waals surface area contributed by atoms with Gasteiger partial charge in [-0.3, -0.25) is 4.79 Å². The Hall–Kier alpha value is -1.09. The van der Waals surface area contributed by atoms with E-state index in [1.165, 1.54) is 63.4 Å². The van der Waals surface area contributed by atoms with Gasteiger partial charge < -0.3 is 5.32 Å². The zero-order valence-electron chi connectivity index (χ0n) is 16.6. The molecule has 1 atom stereocenters. The van der Waals surface area contributed by atoms with Crippen molar-refractivity contribution in [2.45, 2.75) is 84.1 Å². The molecule has 0 aliphatic heterocycles. The minimum absolute atomic E-state index is 0.111. The van der Waals surface area contributed by atoms with Crippen LogP contribution in [-0.2, 0) is 11.2 Å². The highest BCUT2D eigenvalue weighted by molar-refractivity contribution is 9.09. The molecule has 146 valence electrons. The maximum atomic E-state index is 11.2. The van der Waals surface area contributed by atoms with Crippen molar-refractivity contribution in [3.05, 3.63) is 47.7 Å². The molecule has 0 fully saturated rings. The molecule has 2 nitrogen and oxygen atoms in total. The van der Waals surface area contributed by atoms with Crippen molar-refractivity contribution in [3.8, 4) is 0 Å². The summed E-state index contributed by atoms with van der Waals surface area (Å²) >= 11 is 3.54. The molecule has 0 aromatic heterocycles. The molecule has 0 aliphatic rings. The summed E-state index contributed by atoms with van der Waals surface area (Å²) in [6.07, 6.45) is 14.5. The molecular formula is C23H36BrNO. The lowest BCUT2D eigenvalue weighted by molar-refractivity contribution is -0.112. The number of carbonyl (C=O) groups is 1. The molecule has 0 saturated heterocycles. The number of alkyl halides is 1. The van der Waals surface area contributed by atoms with Gasteiger partial charge in [0.1, 0.15) is 0 Å². The van der Waals surface area contributed by atoms with E-state index < -0.39 is 0 Å². The number of hydrogen-bond donors (Lipinski definition) is 1. The van der Waals surface area contributed by atoms with Gasteiger partial charge in [-0.25, -0.2) is 0 Å². The van der Waals surface area contributed by atoms with Crippen LogP contribution in [0.4, 0.5) is 0 Å². The lowest BCUT2D eigenvalue weighted by Crippen LogP contribution is -2.28. The summed E-state index contributed by atoms with van der Waals surface area (Å²) in [6, 6.07) is 11.3. The maximum Gasteiger partial charge on any atom is 0.154 e. The normalized spacial score (nSPS) is 12.8. The highest BCUT2D eigenvalue weighted by atomic mass is 79.9. The molecular weight excluding hydrogens is 386 g/mol. The van der Waals surface area contributed by atoms with Gasteiger partial charge in [0, 0.05) is 17.1 Å². The van der Waals surface area contributed by atoms with Crippen LogP contribution in [-0.4, -0.2) is 17.2 Å². The number of hydrogen-bond acceptors (Lipinski definition) is 2. The third kappa shape index (κ3) is 12.3. The summed E-state index contributed by atoms with van der Waals surface area (Å²) in [6.45, 7) is 3.59. The predicted octanol–water partition coefficient (Wildman–Crippen LogP) is 6.59. The van der Waals surface area contributed by atoms with E-state index in [4.69, 9.17) is 0 Å². The minimum Gasteiger partial charge on any atom is -0.386 e. The molecule has 0 spiro atoms. The van der Waals surface area contributed by atoms with E-state index in [2.05, 4.69) is 51.6 Å². The topological polar surface area (TPSA) is 29.1 Å². The van der Waals surface area contributed by atoms with Crippen LogP contribution in [0.25, 0.3) is 0 Å². The van der Waals surface area contributed by atoms with Crippen molar-refractivity contribution in [1.82, 2.24) is 5.32 Å². The van der Waals surface area contributed by atoms with Gasteiger partial charge in [0.2, 0.25) is 0 Å². The molecule has 0 saturated carbocycles. The minimum atomic E-state index is 0.111. The summed E-state index contributed by atoms with van der Waals surface area (Å²) < 4.78 is 0. The van der Waals surface area contributed by atoms with Gasteiger partial charge in [0.25, 0.3) is 0 Å². The van der Waals surface area contributed by atoms with Crippen LogP contribution in [0, 0.1) is 0 Å². The largest absolute Gasteiger partial charge is 0.386 e. The molecule has 0 bridgehead atoms. The molecule has 0 aliphatic carbocycles. The highest BCUT2D eigenvalue weighted by Crippen LogP contribution is 2.14. The average Bonchev–Trinajstić information content (AvgIpc) is 2.60. The maximum absolute atomic E-state index is 11.2. The van der Waals surface area contributed by atoms with Crippen molar-refractivity contribution in [3.63, 3.8) is 0 Å². The van der Waals surface area contributed by atoms with Crippen molar-refractivity contribution in [2.24, 2.45) is 0 Å². The van der Waals surface area contributed by atoms with Crippen molar-refractivity contribution in [1.29, 1.82) is 0 Å². The van der Waals surface area contributed by atoms with Gasteiger partial charge in [0.15, 0.2) is 5.78 Å². The van der Waals surface area contributed by atoms with Crippen LogP contribution in [0.3, 0.4) is 0 Å². The van der Waals surface area contributed by atoms with Crippen LogP contribution in [0.5, 0.6) is 0 Å². The van der Waals surface area contributed by atoms with Gasteiger partial charge in [-0.15, -0.1) is 0 Å². The van der Waals surface area contributed by atoms with Gasteiger partial charge >= 0.3 is 0 Å². The second-order valence-electron chi connectivity index (χ2n) is 7.26. The summed E-state index contributed by atoms with van der Waals surface area (Å²) in [4.78, 5) is 11.2. The zero-order valence-corrected chi connectivity index (χ0v) is 18.2. The number of aryl methyl sites for hydroxylation is 1. The highest BCUT2D eigenvalue weighted by Gasteiger charge is 2.07. The molecule has 26 heavy (non-hydrogen) atoms. The van der Waals surface area contributed by atoms with Crippen LogP contribution in [0.15, 0.2) is 42.1 Å². The Balaban J connectivity index is 2.04. The molecule has 1 aromatic rings. The van der Waals surface area contributed by atoms with E-state index >= 15 is 0 Å². The van der Waals surface area contributed by atoms with Gasteiger partial charge in [-0.1, -0.05) is 84.8 Å². The van der Waals surface area contributed by atoms with E-state index in [0.717, 1.165) is 17.4 Å². The summed E-state index contributed by atoms with van der Waals surface area (Å²) in [5, 5.41) is 4.49. The van der Waals surface area contributed by atoms with Crippen molar-refractivity contribution in [2.75, 3.05) is 5.33 Å². The van der Waals surface area contributed by atoms with Crippen molar-refractivity contribution < 1.29 is 4.79 Å². The Labute approximate surface area is 169 Å². The molecule has 3 heteroatoms. The van der Waals surface area contributed by atoms with E-state index in [-0.39, 0.29) is 5.78 Å². The molecule has 1 N–H and O–H groups in total. The molecule has 1 rings (SSSR count). The number of ketones is 1. The number of nitrogens with one attached hydrogen (secondary N) is 1. The molecule has 0 heterocycles. The zero-order chi connectivity index (χ0) is 19.0. The first-order valence-electron chi connectivity index (χ1n) is 10.2. The standard InChI is InChI=1S/C23H36BrNO/c1-20(19-21(2)26)25-23(17-18-24)16-12-7-5-3-4-6-9-13-22-14-10-8-11-15-22/h8,10-11,14-15,19,23,25H,3-7,9,12-13,16-18H2,1-2H3/b20-19+/t23-/m0/s1. The van der Waals surface area contributed by atoms with Gasteiger partial charge in [0.05, 0.1) is 0 Å². The Morgan fingerprint density at radius 1 is 0.962 bits per heavy atom. The second kappa shape index (κ2) is 15.0. The van der Waals surface area contributed by atoms with E-state index in [0.29, 0.717) is 6.04 Å². The third-order valence-electron chi connectivity index (χ3n) is 4.67. The SMILES string of the molecule is CC(=O)/C=C(\C)N[C@H](CCBr)CCCCCCCCCc1ccccc1. The van der Waals surface area contributed by atoms with Gasteiger partial charge in [-0.2, -0.15) is 0 Å². The fourth-order valence-corrected chi connectivity index (χ4v) is 3.89. The molecule has 1 aromatic carbocycles. The van der Waals surface area contributed by atoms with Crippen LogP contribution < -0.4 is 5.32 Å². The summed E-state index contributed by atoms with van der Waals surface area (Å²) in [5.74, 6) is 0.111. The number of benzene rings is 1. The fourth-order valence-electron chi connectivity index (χ4n) is 3.34. The second-order valence-corrected chi connectivity index (χ2v) is 8.05. The van der Waals surface area contributed by atoms with E-state index in [9.17, 15) is 4.79 Å². The first-order chi connectivity index (χ1) is 12.6. The van der Waals surface area contributed by atoms with Crippen LogP contribution in [0.1, 0.15) is 77.2 Å². The van der Waals surface area contributed by atoms with E-state index in [1.807, 2.05) is 6.92 Å². The Bertz CT molecular complexity index is 512. The molecule has 0 amide bonds. The first kappa shape index (κ1) is 23.0. The molecule has 0 radical (unpaired) electrons. The van der Waals surface area contributed by atoms with Crippen molar-refractivity contribution >= 4 is 21.7 Å². The number of unbranched alkanes of at least 4 members (excludes halogenated alkanes) is 6. The Morgan fingerprint density at radius 3 is 2.19 bits per heavy atom. The van der Waals surface area contributed by atoms with E-state index in [1.54, 1.807) is 13.0 Å². The average molecular weight is 422 g/mol. The number of allylic oxidation sites excluding steroid dienone is 2. The molecule has 0 unspecified atom stereocenters. The first-order valence-corrected chi connectivity index (χ1v) is 11.3. The van der Waals surface area contributed by atoms with Crippen LogP contribution in [0.2, 0.25) is 0 Å². The lowest BCUT2D eigenvalue weighted by atomic mass is 10.0.